The van der Waals surface area contributed by atoms with Gasteiger partial charge in [0.05, 0.1) is 0 Å². The largest absolute Gasteiger partial charge is 0.376 e. The number of anilines is 1. The third-order valence-corrected chi connectivity index (χ3v) is 1.55. The number of aryl methyl sites for hydroxylation is 1. The predicted octanol–water partition coefficient (Wildman–Crippen LogP) is 0.308. The summed E-state index contributed by atoms with van der Waals surface area (Å²) < 4.78 is 1.30. The molecule has 0 saturated heterocycles. The Morgan fingerprint density at radius 3 is 2.86 bits per heavy atom. The van der Waals surface area contributed by atoms with E-state index in [1.165, 1.54) is 10.8 Å². The molecule has 0 unspecified atom stereocenters. The summed E-state index contributed by atoms with van der Waals surface area (Å²) in [5.41, 5.74) is -0.471. The van der Waals surface area contributed by atoms with Crippen LogP contribution in [0.1, 0.15) is 7.43 Å². The van der Waals surface area contributed by atoms with Gasteiger partial charge in [0.15, 0.2) is 0 Å². The summed E-state index contributed by atoms with van der Waals surface area (Å²) >= 11 is 0. The molecule has 0 amide bonds. The molecule has 14 heavy (non-hydrogen) atoms. The Hall–Kier alpha value is -1.78. The molecule has 0 atom stereocenters. The normalized spacial score (nSPS) is 8.93. The van der Waals surface area contributed by atoms with Crippen LogP contribution in [0.3, 0.4) is 0 Å². The van der Waals surface area contributed by atoms with Gasteiger partial charge in [-0.1, -0.05) is 13.5 Å². The summed E-state index contributed by atoms with van der Waals surface area (Å²) in [6.45, 7) is 3.99. The van der Waals surface area contributed by atoms with E-state index in [9.17, 15) is 9.59 Å². The van der Waals surface area contributed by atoms with Crippen molar-refractivity contribution in [1.82, 2.24) is 9.55 Å². The highest BCUT2D eigenvalue weighted by atomic mass is 16.2. The number of nitrogens with zero attached hydrogens (tertiary/aromatic N) is 1. The van der Waals surface area contributed by atoms with Crippen molar-refractivity contribution in [1.29, 1.82) is 0 Å². The average Bonchev–Trinajstić information content (AvgIpc) is 2.09. The number of hydrogen-bond donors (Lipinski definition) is 2. The topological polar surface area (TPSA) is 66.9 Å². The van der Waals surface area contributed by atoms with E-state index in [1.807, 2.05) is 0 Å². The summed E-state index contributed by atoms with van der Waals surface area (Å²) in [5.74, 6) is 0. The van der Waals surface area contributed by atoms with Gasteiger partial charge >= 0.3 is 5.69 Å². The van der Waals surface area contributed by atoms with Gasteiger partial charge in [-0.05, 0) is 0 Å². The molecule has 0 bridgehead atoms. The van der Waals surface area contributed by atoms with Crippen LogP contribution in [0.25, 0.3) is 0 Å². The van der Waals surface area contributed by atoms with Crippen LogP contribution < -0.4 is 16.6 Å². The molecule has 2 N–H and O–H groups in total. The molecule has 5 heteroatoms. The Labute approximate surface area is 82.1 Å². The highest BCUT2D eigenvalue weighted by Crippen LogP contribution is 1.92. The van der Waals surface area contributed by atoms with Crippen LogP contribution in [-0.2, 0) is 7.05 Å². The van der Waals surface area contributed by atoms with Crippen molar-refractivity contribution < 1.29 is 0 Å². The molecule has 0 radical (unpaired) electrons. The monoisotopic (exact) mass is 197 g/mol. The van der Waals surface area contributed by atoms with Gasteiger partial charge in [-0.2, -0.15) is 0 Å². The molecular weight excluding hydrogens is 182 g/mol. The molecule has 1 rings (SSSR count). The minimum atomic E-state index is -0.422. The lowest BCUT2D eigenvalue weighted by Gasteiger charge is -2.02. The van der Waals surface area contributed by atoms with E-state index in [1.54, 1.807) is 13.1 Å². The smallest absolute Gasteiger partial charge is 0.328 e. The molecule has 0 aliphatic carbocycles. The summed E-state index contributed by atoms with van der Waals surface area (Å²) in [5, 5.41) is 2.81. The second-order valence-corrected chi connectivity index (χ2v) is 2.58. The van der Waals surface area contributed by atoms with Crippen molar-refractivity contribution >= 4 is 5.69 Å². The third kappa shape index (κ3) is 2.62. The van der Waals surface area contributed by atoms with Crippen LogP contribution in [0.4, 0.5) is 5.69 Å². The van der Waals surface area contributed by atoms with Gasteiger partial charge in [0.1, 0.15) is 5.69 Å². The van der Waals surface area contributed by atoms with Crippen molar-refractivity contribution in [2.45, 2.75) is 7.43 Å². The Morgan fingerprint density at radius 1 is 1.64 bits per heavy atom. The Kier molecular flexibility index (Phi) is 4.42. The number of aromatic amines is 1. The molecule has 0 fully saturated rings. The van der Waals surface area contributed by atoms with E-state index in [0.29, 0.717) is 12.2 Å². The zero-order chi connectivity index (χ0) is 9.84. The molecule has 0 spiro atoms. The first kappa shape index (κ1) is 12.2. The van der Waals surface area contributed by atoms with Gasteiger partial charge in [0, 0.05) is 19.8 Å². The zero-order valence-corrected chi connectivity index (χ0v) is 7.33. The summed E-state index contributed by atoms with van der Waals surface area (Å²) in [4.78, 5) is 24.2. The lowest BCUT2D eigenvalue weighted by molar-refractivity contribution is 0.801. The molecule has 1 heterocycles. The standard InChI is InChI=1S/C8H11N3O2.CH4/c1-3-4-9-6-5-11(2)8(13)10-7(6)12;/h3,5,9H,1,4H2,2H3,(H,10,12,13);1H4. The lowest BCUT2D eigenvalue weighted by Crippen LogP contribution is -2.29. The third-order valence-electron chi connectivity index (χ3n) is 1.55. The number of H-pyrrole nitrogens is 1. The van der Waals surface area contributed by atoms with Gasteiger partial charge in [0.25, 0.3) is 5.56 Å². The molecular formula is C9H15N3O2. The van der Waals surface area contributed by atoms with Crippen molar-refractivity contribution in [3.63, 3.8) is 0 Å². The molecule has 1 aromatic rings. The number of rotatable bonds is 3. The van der Waals surface area contributed by atoms with E-state index < -0.39 is 11.2 Å². The van der Waals surface area contributed by atoms with E-state index in [4.69, 9.17) is 0 Å². The van der Waals surface area contributed by atoms with Crippen LogP contribution in [0.5, 0.6) is 0 Å². The Bertz CT molecular complexity index is 417. The molecule has 5 nitrogen and oxygen atoms in total. The van der Waals surface area contributed by atoms with Gasteiger partial charge < -0.3 is 9.88 Å². The number of hydrogen-bond acceptors (Lipinski definition) is 3. The van der Waals surface area contributed by atoms with Crippen molar-refractivity contribution in [2.24, 2.45) is 7.05 Å². The Balaban J connectivity index is 0.00000169. The van der Waals surface area contributed by atoms with Gasteiger partial charge in [-0.3, -0.25) is 9.78 Å². The number of aromatic nitrogens is 2. The second-order valence-electron chi connectivity index (χ2n) is 2.58. The maximum atomic E-state index is 11.1. The molecule has 1 aromatic heterocycles. The Morgan fingerprint density at radius 2 is 2.29 bits per heavy atom. The minimum Gasteiger partial charge on any atom is -0.376 e. The van der Waals surface area contributed by atoms with E-state index in [2.05, 4.69) is 16.9 Å². The van der Waals surface area contributed by atoms with Gasteiger partial charge in [-0.15, -0.1) is 6.58 Å². The van der Waals surface area contributed by atoms with Crippen LogP contribution >= 0.6 is 0 Å². The fraction of sp³-hybridized carbons (Fsp3) is 0.333. The maximum absolute atomic E-state index is 11.1. The maximum Gasteiger partial charge on any atom is 0.328 e. The van der Waals surface area contributed by atoms with E-state index >= 15 is 0 Å². The van der Waals surface area contributed by atoms with Crippen LogP contribution in [0.15, 0.2) is 28.4 Å². The summed E-state index contributed by atoms with van der Waals surface area (Å²) in [6, 6.07) is 0. The summed E-state index contributed by atoms with van der Waals surface area (Å²) in [6.07, 6.45) is 3.08. The van der Waals surface area contributed by atoms with Crippen LogP contribution in [0, 0.1) is 0 Å². The molecule has 0 saturated carbocycles. The highest BCUT2D eigenvalue weighted by Gasteiger charge is 1.99. The van der Waals surface area contributed by atoms with Crippen molar-refractivity contribution in [2.75, 3.05) is 11.9 Å². The van der Waals surface area contributed by atoms with Crippen LogP contribution in [-0.4, -0.2) is 16.1 Å². The molecule has 0 aromatic carbocycles. The number of nitrogens with one attached hydrogen (secondary N) is 2. The molecule has 78 valence electrons. The summed E-state index contributed by atoms with van der Waals surface area (Å²) in [7, 11) is 1.57. The quantitative estimate of drug-likeness (QED) is 0.685. The first-order valence-electron chi connectivity index (χ1n) is 3.80. The fourth-order valence-corrected chi connectivity index (χ4v) is 0.872. The van der Waals surface area contributed by atoms with Crippen LogP contribution in [0.2, 0.25) is 0 Å². The lowest BCUT2D eigenvalue weighted by atomic mass is 10.5. The van der Waals surface area contributed by atoms with Gasteiger partial charge in [-0.25, -0.2) is 4.79 Å². The van der Waals surface area contributed by atoms with E-state index in [-0.39, 0.29) is 7.43 Å². The molecule has 0 aliphatic rings. The van der Waals surface area contributed by atoms with Gasteiger partial charge in [0.2, 0.25) is 0 Å². The highest BCUT2D eigenvalue weighted by molar-refractivity contribution is 5.38. The van der Waals surface area contributed by atoms with E-state index in [0.717, 1.165) is 0 Å². The molecule has 0 aliphatic heterocycles. The second kappa shape index (κ2) is 5.06. The van der Waals surface area contributed by atoms with Crippen molar-refractivity contribution in [3.8, 4) is 0 Å². The first-order chi connectivity index (χ1) is 6.15. The average molecular weight is 197 g/mol. The zero-order valence-electron chi connectivity index (χ0n) is 7.33. The predicted molar refractivity (Wildman–Crippen MR) is 57.7 cm³/mol. The minimum absolute atomic E-state index is 0. The SMILES string of the molecule is C.C=CCNc1cn(C)c(=O)[nH]c1=O. The van der Waals surface area contributed by atoms with Crippen molar-refractivity contribution in [3.05, 3.63) is 39.7 Å². The first-order valence-corrected chi connectivity index (χ1v) is 3.80. The fourth-order valence-electron chi connectivity index (χ4n) is 0.872.